The first-order valence-electron chi connectivity index (χ1n) is 18.8. The van der Waals surface area contributed by atoms with E-state index >= 15 is 0 Å². The number of hydrogen-bond acceptors (Lipinski definition) is 7. The van der Waals surface area contributed by atoms with E-state index in [2.05, 4.69) is 0 Å². The van der Waals surface area contributed by atoms with Crippen LogP contribution >= 0.6 is 11.6 Å². The van der Waals surface area contributed by atoms with E-state index < -0.39 is 36.5 Å². The van der Waals surface area contributed by atoms with Gasteiger partial charge in [0.05, 0.1) is 38.6 Å². The van der Waals surface area contributed by atoms with Crippen molar-refractivity contribution >= 4 is 17.6 Å². The van der Waals surface area contributed by atoms with Crippen molar-refractivity contribution in [2.24, 2.45) is 0 Å². The third-order valence-corrected chi connectivity index (χ3v) is 10.0. The summed E-state index contributed by atoms with van der Waals surface area (Å²) < 4.78 is 39.8. The van der Waals surface area contributed by atoms with Crippen molar-refractivity contribution in [3.63, 3.8) is 0 Å². The fraction of sp³-hybridized carbons (Fsp3) is 0.229. The highest BCUT2D eigenvalue weighted by atomic mass is 35.5. The molecule has 0 unspecified atom stereocenters. The number of rotatable bonds is 17. The number of halogens is 1. The van der Waals surface area contributed by atoms with E-state index in [-0.39, 0.29) is 13.2 Å². The average Bonchev–Trinajstić information content (AvgIpc) is 3.26. The second-order valence-corrected chi connectivity index (χ2v) is 14.1. The van der Waals surface area contributed by atoms with Gasteiger partial charge in [-0.2, -0.15) is 0 Å². The van der Waals surface area contributed by atoms with E-state index in [4.69, 9.17) is 40.0 Å². The third kappa shape index (κ3) is 10.8. The van der Waals surface area contributed by atoms with Crippen LogP contribution in [0.4, 0.5) is 0 Å². The largest absolute Gasteiger partial charge is 0.457 e. The summed E-state index contributed by atoms with van der Waals surface area (Å²) >= 11 is 6.74. The van der Waals surface area contributed by atoms with Crippen molar-refractivity contribution in [2.75, 3.05) is 6.61 Å². The molecule has 0 aromatic heterocycles. The SMILES string of the molecule is O=C(OCc1cc([C@@H]2O[C@H](COCc3ccccc3)[C@@H](OCc3ccccc3)[C@H](OCc3ccccc3)[C@H]2OCc2ccccc2)ccc1Cl)c1ccccc1. The first-order valence-corrected chi connectivity index (χ1v) is 19.2. The van der Waals surface area contributed by atoms with Gasteiger partial charge in [-0.25, -0.2) is 4.79 Å². The molecule has 0 spiro atoms. The summed E-state index contributed by atoms with van der Waals surface area (Å²) in [6, 6.07) is 54.7. The second kappa shape index (κ2) is 20.2. The molecule has 1 fully saturated rings. The van der Waals surface area contributed by atoms with E-state index in [0.29, 0.717) is 42.6 Å². The van der Waals surface area contributed by atoms with E-state index in [1.165, 1.54) is 0 Å². The summed E-state index contributed by atoms with van der Waals surface area (Å²) in [5.74, 6) is -0.437. The van der Waals surface area contributed by atoms with Gasteiger partial charge < -0.3 is 28.4 Å². The molecule has 0 aliphatic carbocycles. The number of carbonyl (C=O) groups is 1. The average molecular weight is 769 g/mol. The summed E-state index contributed by atoms with van der Waals surface area (Å²) in [6.07, 6.45) is -3.00. The molecule has 7 rings (SSSR count). The minimum absolute atomic E-state index is 0.0248. The molecule has 1 aliphatic heterocycles. The fourth-order valence-electron chi connectivity index (χ4n) is 6.74. The summed E-state index contributed by atoms with van der Waals surface area (Å²) in [4.78, 5) is 12.9. The Morgan fingerprint density at radius 2 is 0.982 bits per heavy atom. The first-order chi connectivity index (χ1) is 27.6. The highest BCUT2D eigenvalue weighted by Crippen LogP contribution is 2.39. The number of esters is 1. The van der Waals surface area contributed by atoms with Crippen LogP contribution in [0.15, 0.2) is 170 Å². The van der Waals surface area contributed by atoms with Gasteiger partial charge in [0.1, 0.15) is 37.1 Å². The molecule has 0 radical (unpaired) electrons. The molecular weight excluding hydrogens is 724 g/mol. The molecule has 286 valence electrons. The van der Waals surface area contributed by atoms with Gasteiger partial charge >= 0.3 is 5.97 Å². The molecule has 7 nitrogen and oxygen atoms in total. The summed E-state index contributed by atoms with van der Waals surface area (Å²) in [6.45, 7) is 1.58. The molecule has 1 saturated heterocycles. The first kappa shape index (κ1) is 39.1. The van der Waals surface area contributed by atoms with Gasteiger partial charge in [0.2, 0.25) is 0 Å². The zero-order chi connectivity index (χ0) is 38.4. The predicted molar refractivity (Wildman–Crippen MR) is 216 cm³/mol. The molecule has 8 heteroatoms. The Labute approximate surface area is 333 Å². The minimum Gasteiger partial charge on any atom is -0.457 e. The van der Waals surface area contributed by atoms with Gasteiger partial charge in [0.25, 0.3) is 0 Å². The minimum atomic E-state index is -0.637. The van der Waals surface area contributed by atoms with Gasteiger partial charge in [0, 0.05) is 10.6 Å². The number of carbonyl (C=O) groups excluding carboxylic acids is 1. The van der Waals surface area contributed by atoms with Gasteiger partial charge in [-0.15, -0.1) is 0 Å². The Bertz CT molecular complexity index is 2070. The van der Waals surface area contributed by atoms with E-state index in [0.717, 1.165) is 27.8 Å². The lowest BCUT2D eigenvalue weighted by molar-refractivity contribution is -0.275. The van der Waals surface area contributed by atoms with Crippen molar-refractivity contribution in [1.29, 1.82) is 0 Å². The molecule has 1 aliphatic rings. The molecule has 6 aromatic rings. The molecule has 0 N–H and O–H groups in total. The van der Waals surface area contributed by atoms with Crippen LogP contribution in [0.25, 0.3) is 0 Å². The van der Waals surface area contributed by atoms with Gasteiger partial charge in [-0.3, -0.25) is 0 Å². The maximum atomic E-state index is 12.9. The van der Waals surface area contributed by atoms with Crippen LogP contribution in [0, 0.1) is 0 Å². The smallest absolute Gasteiger partial charge is 0.338 e. The Balaban J connectivity index is 1.23. The van der Waals surface area contributed by atoms with Crippen molar-refractivity contribution in [3.8, 4) is 0 Å². The quantitative estimate of drug-likeness (QED) is 0.0856. The van der Waals surface area contributed by atoms with Crippen LogP contribution < -0.4 is 0 Å². The van der Waals surface area contributed by atoms with Crippen LogP contribution in [0.1, 0.15) is 49.8 Å². The molecule has 0 amide bonds. The number of ether oxygens (including phenoxy) is 6. The van der Waals surface area contributed by atoms with Crippen molar-refractivity contribution < 1.29 is 33.2 Å². The van der Waals surface area contributed by atoms with E-state index in [1.54, 1.807) is 30.3 Å². The second-order valence-electron chi connectivity index (χ2n) is 13.7. The van der Waals surface area contributed by atoms with Crippen LogP contribution in [-0.4, -0.2) is 37.0 Å². The lowest BCUT2D eigenvalue weighted by Gasteiger charge is -2.46. The molecule has 1 heterocycles. The molecule has 56 heavy (non-hydrogen) atoms. The number of hydrogen-bond donors (Lipinski definition) is 0. The molecule has 5 atom stereocenters. The molecule has 6 aromatic carbocycles. The van der Waals surface area contributed by atoms with Gasteiger partial charge in [-0.1, -0.05) is 157 Å². The van der Waals surface area contributed by atoms with Crippen molar-refractivity contribution in [1.82, 2.24) is 0 Å². The standard InChI is InChI=1S/C48H45ClO7/c49-42-27-26-40(28-41(42)33-55-48(50)39-24-14-5-15-25-39)44-46(53-31-37-20-10-3-11-21-37)47(54-32-38-22-12-4-13-23-38)45(52-30-36-18-8-2-9-19-36)43(56-44)34-51-29-35-16-6-1-7-17-35/h1-28,43-47H,29-34H2/t43-,44+,45-,46+,47+/m1/s1. The maximum Gasteiger partial charge on any atom is 0.338 e. The van der Waals surface area contributed by atoms with Gasteiger partial charge in [-0.05, 0) is 52.1 Å². The third-order valence-electron chi connectivity index (χ3n) is 9.65. The Morgan fingerprint density at radius 3 is 1.52 bits per heavy atom. The zero-order valence-electron chi connectivity index (χ0n) is 31.0. The summed E-state index contributed by atoms with van der Waals surface area (Å²) in [7, 11) is 0. The number of benzene rings is 6. The lowest BCUT2D eigenvalue weighted by atomic mass is 9.89. The van der Waals surface area contributed by atoms with Crippen LogP contribution in [0.5, 0.6) is 0 Å². The van der Waals surface area contributed by atoms with Crippen LogP contribution in [-0.2, 0) is 61.5 Å². The van der Waals surface area contributed by atoms with Crippen molar-refractivity contribution in [3.05, 3.63) is 214 Å². The monoisotopic (exact) mass is 768 g/mol. The predicted octanol–water partition coefficient (Wildman–Crippen LogP) is 10.1. The fourth-order valence-corrected chi connectivity index (χ4v) is 6.91. The molecule has 0 bridgehead atoms. The summed E-state index contributed by atoms with van der Waals surface area (Å²) in [5.41, 5.74) is 5.99. The van der Waals surface area contributed by atoms with Crippen LogP contribution in [0.3, 0.4) is 0 Å². The Hall–Kier alpha value is -5.12. The molecular formula is C48H45ClO7. The molecule has 0 saturated carbocycles. The Kier molecular flexibility index (Phi) is 14.1. The van der Waals surface area contributed by atoms with Gasteiger partial charge in [0.15, 0.2) is 0 Å². The van der Waals surface area contributed by atoms with Crippen LogP contribution in [0.2, 0.25) is 5.02 Å². The lowest BCUT2D eigenvalue weighted by Crippen LogP contribution is -2.58. The highest BCUT2D eigenvalue weighted by molar-refractivity contribution is 6.31. The normalized spacial score (nSPS) is 19.3. The van der Waals surface area contributed by atoms with E-state index in [9.17, 15) is 4.79 Å². The van der Waals surface area contributed by atoms with Crippen molar-refractivity contribution in [2.45, 2.75) is 63.6 Å². The highest BCUT2D eigenvalue weighted by Gasteiger charge is 2.49. The zero-order valence-corrected chi connectivity index (χ0v) is 31.8. The maximum absolute atomic E-state index is 12.9. The summed E-state index contributed by atoms with van der Waals surface area (Å²) in [5, 5.41) is 0.468. The topological polar surface area (TPSA) is 72.5 Å². The van der Waals surface area contributed by atoms with E-state index in [1.807, 2.05) is 140 Å². The Morgan fingerprint density at radius 1 is 0.518 bits per heavy atom.